The fourth-order valence-corrected chi connectivity index (χ4v) is 2.20. The standard InChI is InChI=1S/C12H12O5/c1-15-9-2-6(7-4-8(7)12(13)14)3-10-11(9)17-5-16-10/h2-3,7-8H,4-5H2,1H3,(H,13,14). The molecule has 90 valence electrons. The smallest absolute Gasteiger partial charge is 0.307 e. The predicted octanol–water partition coefficient (Wildman–Crippen LogP) is 1.61. The highest BCUT2D eigenvalue weighted by molar-refractivity contribution is 5.75. The number of benzene rings is 1. The number of carboxylic acid groups (broad SMARTS) is 1. The van der Waals surface area contributed by atoms with Crippen LogP contribution in [0.25, 0.3) is 0 Å². The third-order valence-corrected chi connectivity index (χ3v) is 3.22. The molecule has 1 saturated carbocycles. The van der Waals surface area contributed by atoms with Gasteiger partial charge in [-0.25, -0.2) is 0 Å². The van der Waals surface area contributed by atoms with Gasteiger partial charge in [0.1, 0.15) is 0 Å². The molecule has 0 saturated heterocycles. The second kappa shape index (κ2) is 3.55. The van der Waals surface area contributed by atoms with Crippen LogP contribution in [-0.2, 0) is 4.79 Å². The topological polar surface area (TPSA) is 65.0 Å². The van der Waals surface area contributed by atoms with E-state index in [0.29, 0.717) is 23.7 Å². The van der Waals surface area contributed by atoms with Gasteiger partial charge in [0.2, 0.25) is 12.5 Å². The lowest BCUT2D eigenvalue weighted by atomic mass is 10.1. The van der Waals surface area contributed by atoms with Gasteiger partial charge in [-0.15, -0.1) is 0 Å². The highest BCUT2D eigenvalue weighted by Gasteiger charge is 2.45. The molecule has 5 heteroatoms. The van der Waals surface area contributed by atoms with E-state index in [2.05, 4.69) is 0 Å². The molecule has 2 unspecified atom stereocenters. The predicted molar refractivity (Wildman–Crippen MR) is 57.6 cm³/mol. The lowest BCUT2D eigenvalue weighted by Gasteiger charge is -2.07. The van der Waals surface area contributed by atoms with Crippen molar-refractivity contribution in [1.82, 2.24) is 0 Å². The SMILES string of the molecule is COc1cc(C2CC2C(=O)O)cc2c1OCO2. The summed E-state index contributed by atoms with van der Waals surface area (Å²) < 4.78 is 15.8. The van der Waals surface area contributed by atoms with Gasteiger partial charge in [0.15, 0.2) is 11.5 Å². The number of ether oxygens (including phenoxy) is 3. The van der Waals surface area contributed by atoms with Crippen LogP contribution in [0.3, 0.4) is 0 Å². The third kappa shape index (κ3) is 1.58. The molecule has 1 aromatic carbocycles. The molecule has 5 nitrogen and oxygen atoms in total. The summed E-state index contributed by atoms with van der Waals surface area (Å²) in [6.45, 7) is 0.183. The van der Waals surface area contributed by atoms with Gasteiger partial charge in [0.25, 0.3) is 0 Å². The number of fused-ring (bicyclic) bond motifs is 1. The molecule has 0 aromatic heterocycles. The quantitative estimate of drug-likeness (QED) is 0.863. The van der Waals surface area contributed by atoms with Crippen LogP contribution in [0.15, 0.2) is 12.1 Å². The average Bonchev–Trinajstić information content (AvgIpc) is 2.99. The second-order valence-electron chi connectivity index (χ2n) is 4.24. The Bertz CT molecular complexity index is 482. The van der Waals surface area contributed by atoms with Crippen molar-refractivity contribution in [2.75, 3.05) is 13.9 Å². The Kier molecular flexibility index (Phi) is 2.14. The van der Waals surface area contributed by atoms with Crippen molar-refractivity contribution in [3.05, 3.63) is 17.7 Å². The Morgan fingerprint density at radius 2 is 2.29 bits per heavy atom. The van der Waals surface area contributed by atoms with E-state index in [0.717, 1.165) is 5.56 Å². The van der Waals surface area contributed by atoms with Gasteiger partial charge in [0, 0.05) is 0 Å². The highest BCUT2D eigenvalue weighted by atomic mass is 16.7. The van der Waals surface area contributed by atoms with E-state index in [-0.39, 0.29) is 18.6 Å². The van der Waals surface area contributed by atoms with Crippen LogP contribution in [0.1, 0.15) is 17.9 Å². The lowest BCUT2D eigenvalue weighted by Crippen LogP contribution is -1.99. The van der Waals surface area contributed by atoms with Crippen molar-refractivity contribution in [3.8, 4) is 17.2 Å². The Hall–Kier alpha value is -1.91. The second-order valence-corrected chi connectivity index (χ2v) is 4.24. The van der Waals surface area contributed by atoms with Crippen LogP contribution < -0.4 is 14.2 Å². The summed E-state index contributed by atoms with van der Waals surface area (Å²) in [7, 11) is 1.56. The third-order valence-electron chi connectivity index (χ3n) is 3.22. The van der Waals surface area contributed by atoms with Crippen molar-refractivity contribution in [2.24, 2.45) is 5.92 Å². The number of rotatable bonds is 3. The molecule has 0 amide bonds. The summed E-state index contributed by atoms with van der Waals surface area (Å²) in [6.07, 6.45) is 0.679. The van der Waals surface area contributed by atoms with Crippen LogP contribution in [0.4, 0.5) is 0 Å². The molecule has 1 aliphatic carbocycles. The van der Waals surface area contributed by atoms with Crippen molar-refractivity contribution in [1.29, 1.82) is 0 Å². The van der Waals surface area contributed by atoms with Crippen molar-refractivity contribution in [3.63, 3.8) is 0 Å². The number of methoxy groups -OCH3 is 1. The van der Waals surface area contributed by atoms with Gasteiger partial charge in [-0.1, -0.05) is 0 Å². The fourth-order valence-electron chi connectivity index (χ4n) is 2.20. The minimum absolute atomic E-state index is 0.0656. The normalized spacial score (nSPS) is 24.5. The number of carboxylic acids is 1. The molecule has 0 radical (unpaired) electrons. The molecular weight excluding hydrogens is 224 g/mol. The molecule has 0 spiro atoms. The average molecular weight is 236 g/mol. The molecule has 0 bridgehead atoms. The van der Waals surface area contributed by atoms with Gasteiger partial charge in [-0.2, -0.15) is 0 Å². The van der Waals surface area contributed by atoms with E-state index in [1.807, 2.05) is 12.1 Å². The Morgan fingerprint density at radius 1 is 1.47 bits per heavy atom. The van der Waals surface area contributed by atoms with Crippen LogP contribution in [0.5, 0.6) is 17.2 Å². The van der Waals surface area contributed by atoms with E-state index in [1.165, 1.54) is 0 Å². The van der Waals surface area contributed by atoms with Gasteiger partial charge < -0.3 is 19.3 Å². The van der Waals surface area contributed by atoms with Crippen molar-refractivity contribution in [2.45, 2.75) is 12.3 Å². The van der Waals surface area contributed by atoms with Crippen molar-refractivity contribution >= 4 is 5.97 Å². The number of aliphatic carboxylic acids is 1. The molecule has 3 rings (SSSR count). The first-order chi connectivity index (χ1) is 8.20. The minimum Gasteiger partial charge on any atom is -0.493 e. The maximum Gasteiger partial charge on any atom is 0.307 e. The fraction of sp³-hybridized carbons (Fsp3) is 0.417. The number of hydrogen-bond acceptors (Lipinski definition) is 4. The largest absolute Gasteiger partial charge is 0.493 e. The van der Waals surface area contributed by atoms with E-state index >= 15 is 0 Å². The summed E-state index contributed by atoms with van der Waals surface area (Å²) in [5.41, 5.74) is 0.943. The number of hydrogen-bond donors (Lipinski definition) is 1. The first-order valence-electron chi connectivity index (χ1n) is 5.41. The Labute approximate surface area is 97.9 Å². The molecule has 1 N–H and O–H groups in total. The number of carbonyl (C=O) groups is 1. The summed E-state index contributed by atoms with van der Waals surface area (Å²) in [6, 6.07) is 3.68. The molecule has 17 heavy (non-hydrogen) atoms. The van der Waals surface area contributed by atoms with Crippen LogP contribution in [0, 0.1) is 5.92 Å². The van der Waals surface area contributed by atoms with Gasteiger partial charge in [-0.05, 0) is 30.0 Å². The molecule has 1 aromatic rings. The molecular formula is C12H12O5. The van der Waals surface area contributed by atoms with Crippen LogP contribution in [0.2, 0.25) is 0 Å². The summed E-state index contributed by atoms with van der Waals surface area (Å²) in [5.74, 6) is 0.882. The zero-order valence-electron chi connectivity index (χ0n) is 9.30. The maximum absolute atomic E-state index is 10.8. The Morgan fingerprint density at radius 3 is 2.94 bits per heavy atom. The van der Waals surface area contributed by atoms with Gasteiger partial charge in [-0.3, -0.25) is 4.79 Å². The van der Waals surface area contributed by atoms with E-state index in [9.17, 15) is 4.79 Å². The zero-order chi connectivity index (χ0) is 12.0. The monoisotopic (exact) mass is 236 g/mol. The van der Waals surface area contributed by atoms with Crippen LogP contribution >= 0.6 is 0 Å². The van der Waals surface area contributed by atoms with Gasteiger partial charge >= 0.3 is 5.97 Å². The van der Waals surface area contributed by atoms with Crippen molar-refractivity contribution < 1.29 is 24.1 Å². The first kappa shape index (κ1) is 10.3. The zero-order valence-corrected chi connectivity index (χ0v) is 9.30. The van der Waals surface area contributed by atoms with E-state index < -0.39 is 5.97 Å². The molecule has 2 aliphatic rings. The summed E-state index contributed by atoms with van der Waals surface area (Å²) in [5, 5.41) is 8.92. The van der Waals surface area contributed by atoms with Crippen LogP contribution in [-0.4, -0.2) is 25.0 Å². The highest BCUT2D eigenvalue weighted by Crippen LogP contribution is 2.52. The summed E-state index contributed by atoms with van der Waals surface area (Å²) >= 11 is 0. The van der Waals surface area contributed by atoms with E-state index in [1.54, 1.807) is 7.11 Å². The molecule has 1 aliphatic heterocycles. The minimum atomic E-state index is -0.744. The lowest BCUT2D eigenvalue weighted by molar-refractivity contribution is -0.138. The molecule has 2 atom stereocenters. The molecule has 1 heterocycles. The van der Waals surface area contributed by atoms with Gasteiger partial charge in [0.05, 0.1) is 13.0 Å². The first-order valence-corrected chi connectivity index (χ1v) is 5.41. The Balaban J connectivity index is 1.94. The maximum atomic E-state index is 10.8. The molecule has 1 fully saturated rings. The van der Waals surface area contributed by atoms with E-state index in [4.69, 9.17) is 19.3 Å². The summed E-state index contributed by atoms with van der Waals surface area (Å²) in [4.78, 5) is 10.8.